The van der Waals surface area contributed by atoms with Gasteiger partial charge in [0.05, 0.1) is 6.10 Å². The Kier molecular flexibility index (Phi) is 4.07. The maximum atomic E-state index is 13.0. The fraction of sp³-hybridized carbons (Fsp3) is 0.200. The molecule has 1 atom stereocenters. The van der Waals surface area contributed by atoms with Gasteiger partial charge in [-0.3, -0.25) is 9.78 Å². The quantitative estimate of drug-likeness (QED) is 0.784. The van der Waals surface area contributed by atoms with Crippen molar-refractivity contribution in [2.24, 2.45) is 0 Å². The van der Waals surface area contributed by atoms with Crippen LogP contribution in [0.2, 0.25) is 0 Å². The SMILES string of the molecule is O=C(c1cc(-n2cccc2)ccn1)N1CCC(O)c2ccccc2C1. The molecule has 0 fully saturated rings. The van der Waals surface area contributed by atoms with E-state index in [1.165, 1.54) is 0 Å². The van der Waals surface area contributed by atoms with Crippen molar-refractivity contribution in [1.29, 1.82) is 0 Å². The Labute approximate surface area is 146 Å². The topological polar surface area (TPSA) is 58.4 Å². The van der Waals surface area contributed by atoms with E-state index in [1.54, 1.807) is 17.2 Å². The summed E-state index contributed by atoms with van der Waals surface area (Å²) in [6, 6.07) is 15.3. The first-order valence-corrected chi connectivity index (χ1v) is 8.37. The summed E-state index contributed by atoms with van der Waals surface area (Å²) >= 11 is 0. The molecule has 1 N–H and O–H groups in total. The van der Waals surface area contributed by atoms with E-state index >= 15 is 0 Å². The van der Waals surface area contributed by atoms with Crippen molar-refractivity contribution in [2.45, 2.75) is 19.1 Å². The molecule has 0 saturated heterocycles. The van der Waals surface area contributed by atoms with Crippen molar-refractivity contribution in [3.8, 4) is 5.69 Å². The molecule has 5 heteroatoms. The van der Waals surface area contributed by atoms with Crippen LogP contribution >= 0.6 is 0 Å². The van der Waals surface area contributed by atoms with Gasteiger partial charge in [0.25, 0.3) is 5.91 Å². The van der Waals surface area contributed by atoms with Crippen molar-refractivity contribution in [1.82, 2.24) is 14.5 Å². The molecule has 0 bridgehead atoms. The number of nitrogens with zero attached hydrogens (tertiary/aromatic N) is 3. The fourth-order valence-corrected chi connectivity index (χ4v) is 3.26. The van der Waals surface area contributed by atoms with E-state index in [-0.39, 0.29) is 5.91 Å². The molecule has 1 unspecified atom stereocenters. The summed E-state index contributed by atoms with van der Waals surface area (Å²) in [5.41, 5.74) is 3.22. The van der Waals surface area contributed by atoms with Gasteiger partial charge in [0.2, 0.25) is 0 Å². The van der Waals surface area contributed by atoms with Crippen LogP contribution in [0.15, 0.2) is 67.1 Å². The van der Waals surface area contributed by atoms with Crippen LogP contribution in [0.25, 0.3) is 5.69 Å². The number of pyridine rings is 1. The van der Waals surface area contributed by atoms with Gasteiger partial charge in [0, 0.05) is 37.4 Å². The maximum absolute atomic E-state index is 13.0. The minimum absolute atomic E-state index is 0.113. The molecule has 1 amide bonds. The van der Waals surface area contributed by atoms with E-state index in [0.29, 0.717) is 25.2 Å². The number of rotatable bonds is 2. The van der Waals surface area contributed by atoms with E-state index in [4.69, 9.17) is 0 Å². The van der Waals surface area contributed by atoms with Crippen molar-refractivity contribution >= 4 is 5.91 Å². The van der Waals surface area contributed by atoms with Crippen LogP contribution in [0.1, 0.15) is 34.1 Å². The fourth-order valence-electron chi connectivity index (χ4n) is 3.26. The average molecular weight is 333 g/mol. The first-order valence-electron chi connectivity index (χ1n) is 8.37. The number of benzene rings is 1. The summed E-state index contributed by atoms with van der Waals surface area (Å²) in [6.07, 6.45) is 5.51. The molecule has 2 aromatic heterocycles. The predicted octanol–water partition coefficient (Wildman–Crippen LogP) is 2.95. The molecule has 4 rings (SSSR count). The lowest BCUT2D eigenvalue weighted by atomic mass is 10.0. The number of aromatic nitrogens is 2. The van der Waals surface area contributed by atoms with Crippen LogP contribution in [0, 0.1) is 0 Å². The highest BCUT2D eigenvalue weighted by Crippen LogP contribution is 2.27. The summed E-state index contributed by atoms with van der Waals surface area (Å²) in [5.74, 6) is -0.113. The molecule has 0 aliphatic carbocycles. The standard InChI is InChI=1S/C20H19N3O2/c24-19-8-12-23(14-15-5-1-2-6-17(15)19)20(25)18-13-16(7-9-21-18)22-10-3-4-11-22/h1-7,9-11,13,19,24H,8,12,14H2. The van der Waals surface area contributed by atoms with Gasteiger partial charge in [0.15, 0.2) is 0 Å². The van der Waals surface area contributed by atoms with Gasteiger partial charge in [-0.25, -0.2) is 0 Å². The Hall–Kier alpha value is -2.92. The Morgan fingerprint density at radius 2 is 1.92 bits per heavy atom. The van der Waals surface area contributed by atoms with Gasteiger partial charge >= 0.3 is 0 Å². The number of carbonyl (C=O) groups excluding carboxylic acids is 1. The van der Waals surface area contributed by atoms with Gasteiger partial charge in [-0.2, -0.15) is 0 Å². The van der Waals surface area contributed by atoms with E-state index in [1.807, 2.05) is 59.4 Å². The Morgan fingerprint density at radius 1 is 1.12 bits per heavy atom. The molecule has 0 saturated carbocycles. The third-order valence-electron chi connectivity index (χ3n) is 4.60. The third-order valence-corrected chi connectivity index (χ3v) is 4.60. The summed E-state index contributed by atoms with van der Waals surface area (Å²) in [6.45, 7) is 0.992. The molecule has 3 aromatic rings. The van der Waals surface area contributed by atoms with Crippen LogP contribution in [0.5, 0.6) is 0 Å². The minimum atomic E-state index is -0.534. The molecule has 0 radical (unpaired) electrons. The van der Waals surface area contributed by atoms with Crippen LogP contribution < -0.4 is 0 Å². The number of aliphatic hydroxyl groups is 1. The lowest BCUT2D eigenvalue weighted by Crippen LogP contribution is -2.31. The molecule has 1 aliphatic heterocycles. The second-order valence-corrected chi connectivity index (χ2v) is 6.22. The van der Waals surface area contributed by atoms with E-state index in [9.17, 15) is 9.90 Å². The molecular weight excluding hydrogens is 314 g/mol. The number of carbonyl (C=O) groups is 1. The van der Waals surface area contributed by atoms with Crippen molar-refractivity contribution in [2.75, 3.05) is 6.54 Å². The van der Waals surface area contributed by atoms with Crippen LogP contribution in [-0.4, -0.2) is 32.0 Å². The zero-order valence-electron chi connectivity index (χ0n) is 13.7. The summed E-state index contributed by atoms with van der Waals surface area (Å²) in [7, 11) is 0. The van der Waals surface area contributed by atoms with Crippen LogP contribution in [0.3, 0.4) is 0 Å². The van der Waals surface area contributed by atoms with Crippen molar-refractivity contribution < 1.29 is 9.90 Å². The maximum Gasteiger partial charge on any atom is 0.272 e. The van der Waals surface area contributed by atoms with E-state index in [2.05, 4.69) is 4.98 Å². The van der Waals surface area contributed by atoms with Gasteiger partial charge in [-0.15, -0.1) is 0 Å². The van der Waals surface area contributed by atoms with Gasteiger partial charge in [0.1, 0.15) is 5.69 Å². The van der Waals surface area contributed by atoms with Crippen molar-refractivity contribution in [3.05, 3.63) is 83.9 Å². The monoisotopic (exact) mass is 333 g/mol. The van der Waals surface area contributed by atoms with Crippen LogP contribution in [0.4, 0.5) is 0 Å². The average Bonchev–Trinajstić information content (AvgIpc) is 3.14. The highest BCUT2D eigenvalue weighted by molar-refractivity contribution is 5.92. The summed E-state index contributed by atoms with van der Waals surface area (Å²) < 4.78 is 1.94. The Bertz CT molecular complexity index is 889. The molecule has 25 heavy (non-hydrogen) atoms. The number of amides is 1. The van der Waals surface area contributed by atoms with E-state index in [0.717, 1.165) is 16.8 Å². The molecule has 1 aromatic carbocycles. The number of aliphatic hydroxyl groups excluding tert-OH is 1. The second-order valence-electron chi connectivity index (χ2n) is 6.22. The zero-order chi connectivity index (χ0) is 17.2. The third kappa shape index (κ3) is 3.06. The number of hydrogen-bond acceptors (Lipinski definition) is 3. The summed E-state index contributed by atoms with van der Waals surface area (Å²) in [4.78, 5) is 19.0. The normalized spacial score (nSPS) is 17.0. The lowest BCUT2D eigenvalue weighted by molar-refractivity contribution is 0.0717. The lowest BCUT2D eigenvalue weighted by Gasteiger charge is -2.20. The first-order chi connectivity index (χ1) is 12.2. The molecule has 5 nitrogen and oxygen atoms in total. The largest absolute Gasteiger partial charge is 0.388 e. The predicted molar refractivity (Wildman–Crippen MR) is 94.3 cm³/mol. The zero-order valence-corrected chi connectivity index (χ0v) is 13.7. The Balaban J connectivity index is 1.62. The molecule has 3 heterocycles. The summed E-state index contributed by atoms with van der Waals surface area (Å²) in [5, 5.41) is 10.3. The highest BCUT2D eigenvalue weighted by Gasteiger charge is 2.25. The molecule has 126 valence electrons. The van der Waals surface area contributed by atoms with Gasteiger partial charge in [-0.1, -0.05) is 24.3 Å². The second kappa shape index (κ2) is 6.53. The van der Waals surface area contributed by atoms with Crippen molar-refractivity contribution in [3.63, 3.8) is 0 Å². The van der Waals surface area contributed by atoms with Gasteiger partial charge < -0.3 is 14.6 Å². The van der Waals surface area contributed by atoms with Crippen LogP contribution in [-0.2, 0) is 6.54 Å². The molecule has 1 aliphatic rings. The van der Waals surface area contributed by atoms with E-state index < -0.39 is 6.10 Å². The molecular formula is C20H19N3O2. The van der Waals surface area contributed by atoms with Gasteiger partial charge in [-0.05, 0) is 41.8 Å². The minimum Gasteiger partial charge on any atom is -0.388 e. The molecule has 0 spiro atoms. The smallest absolute Gasteiger partial charge is 0.272 e. The highest BCUT2D eigenvalue weighted by atomic mass is 16.3. The first kappa shape index (κ1) is 15.6. The number of fused-ring (bicyclic) bond motifs is 1. The Morgan fingerprint density at radius 3 is 2.76 bits per heavy atom. The number of hydrogen-bond donors (Lipinski definition) is 1.